The molecule has 1 aliphatic carbocycles. The molecule has 10 heteroatoms. The summed E-state index contributed by atoms with van der Waals surface area (Å²) in [6.45, 7) is 0.599. The molecule has 0 aliphatic heterocycles. The van der Waals surface area contributed by atoms with Crippen molar-refractivity contribution in [1.82, 2.24) is 10.2 Å². The highest BCUT2D eigenvalue weighted by Gasteiger charge is 2.19. The Hall–Kier alpha value is -3.08. The van der Waals surface area contributed by atoms with Gasteiger partial charge in [0.1, 0.15) is 6.61 Å². The molecule has 0 bridgehead atoms. The molecule has 10 nitrogen and oxygen atoms in total. The lowest BCUT2D eigenvalue weighted by molar-refractivity contribution is -0.121. The van der Waals surface area contributed by atoms with Gasteiger partial charge < -0.3 is 30.6 Å². The van der Waals surface area contributed by atoms with E-state index in [9.17, 15) is 9.59 Å². The summed E-state index contributed by atoms with van der Waals surface area (Å²) in [4.78, 5) is 24.9. The van der Waals surface area contributed by atoms with Gasteiger partial charge in [0, 0.05) is 12.1 Å². The minimum absolute atomic E-state index is 0.140. The van der Waals surface area contributed by atoms with Gasteiger partial charge in [-0.05, 0) is 43.9 Å². The van der Waals surface area contributed by atoms with Gasteiger partial charge in [-0.2, -0.15) is 0 Å². The smallest absolute Gasteiger partial charge is 0.258 e. The molecule has 32 heavy (non-hydrogen) atoms. The van der Waals surface area contributed by atoms with Crippen molar-refractivity contribution in [1.29, 1.82) is 0 Å². The fraction of sp³-hybridized carbons (Fsp3) is 0.455. The normalized spacial score (nSPS) is 18.1. The summed E-state index contributed by atoms with van der Waals surface area (Å²) < 4.78 is 16.1. The largest absolute Gasteiger partial charge is 0.480 e. The minimum Gasteiger partial charge on any atom is -0.480 e. The van der Waals surface area contributed by atoms with E-state index in [1.807, 2.05) is 0 Å². The number of hydrogen-bond donors (Lipinski definition) is 3. The zero-order valence-corrected chi connectivity index (χ0v) is 18.1. The molecule has 0 atom stereocenters. The number of carbonyl (C=O) groups is 2. The van der Waals surface area contributed by atoms with Crippen molar-refractivity contribution in [2.24, 2.45) is 5.73 Å². The fourth-order valence-electron chi connectivity index (χ4n) is 3.35. The number of nitrogens with zero attached hydrogens (tertiary/aromatic N) is 2. The van der Waals surface area contributed by atoms with Gasteiger partial charge in [-0.3, -0.25) is 9.59 Å². The summed E-state index contributed by atoms with van der Waals surface area (Å²) in [5.41, 5.74) is 6.55. The molecule has 0 spiro atoms. The highest BCUT2D eigenvalue weighted by Crippen LogP contribution is 2.20. The molecule has 1 aromatic heterocycles. The third kappa shape index (κ3) is 7.26. The highest BCUT2D eigenvalue weighted by atomic mass is 16.5. The van der Waals surface area contributed by atoms with Gasteiger partial charge >= 0.3 is 0 Å². The molecule has 2 aromatic rings. The first-order chi connectivity index (χ1) is 15.5. The average molecular weight is 444 g/mol. The van der Waals surface area contributed by atoms with Crippen LogP contribution in [0.1, 0.15) is 36.0 Å². The van der Waals surface area contributed by atoms with Crippen LogP contribution in [0.2, 0.25) is 0 Å². The summed E-state index contributed by atoms with van der Waals surface area (Å²) in [6, 6.07) is 10.1. The summed E-state index contributed by atoms with van der Waals surface area (Å²) >= 11 is 0. The molecule has 0 unspecified atom stereocenters. The van der Waals surface area contributed by atoms with E-state index < -0.39 is 5.91 Å². The predicted molar refractivity (Wildman–Crippen MR) is 119 cm³/mol. The Kier molecular flexibility index (Phi) is 8.90. The van der Waals surface area contributed by atoms with Crippen LogP contribution >= 0.6 is 0 Å². The van der Waals surface area contributed by atoms with Gasteiger partial charge in [-0.15, -0.1) is 10.2 Å². The van der Waals surface area contributed by atoms with E-state index in [0.29, 0.717) is 24.8 Å². The molecule has 0 saturated heterocycles. The lowest BCUT2D eigenvalue weighted by atomic mass is 9.94. The van der Waals surface area contributed by atoms with Crippen LogP contribution in [0.15, 0.2) is 36.4 Å². The first-order valence-corrected chi connectivity index (χ1v) is 10.6. The second kappa shape index (κ2) is 12.1. The Labute approximate surface area is 186 Å². The third-order valence-electron chi connectivity index (χ3n) is 5.07. The lowest BCUT2D eigenvalue weighted by Crippen LogP contribution is -2.31. The molecule has 4 N–H and O–H groups in total. The molecule has 1 saturated carbocycles. The number of benzene rings is 1. The van der Waals surface area contributed by atoms with Crippen molar-refractivity contribution in [2.45, 2.75) is 37.8 Å². The number of ether oxygens (including phenoxy) is 3. The van der Waals surface area contributed by atoms with E-state index in [1.54, 1.807) is 36.4 Å². The van der Waals surface area contributed by atoms with Crippen LogP contribution in [0.25, 0.3) is 0 Å². The van der Waals surface area contributed by atoms with E-state index in [1.165, 1.54) is 7.11 Å². The van der Waals surface area contributed by atoms with Crippen LogP contribution in [-0.4, -0.2) is 61.1 Å². The van der Waals surface area contributed by atoms with Crippen LogP contribution in [0.3, 0.4) is 0 Å². The number of aromatic nitrogens is 2. The first kappa shape index (κ1) is 23.6. The van der Waals surface area contributed by atoms with Crippen LogP contribution < -0.4 is 21.1 Å². The summed E-state index contributed by atoms with van der Waals surface area (Å²) in [5.74, 6) is -0.191. The van der Waals surface area contributed by atoms with E-state index >= 15 is 0 Å². The van der Waals surface area contributed by atoms with Crippen molar-refractivity contribution in [3.63, 3.8) is 0 Å². The zero-order valence-electron chi connectivity index (χ0n) is 18.1. The fourth-order valence-corrected chi connectivity index (χ4v) is 3.35. The Bertz CT molecular complexity index is 885. The van der Waals surface area contributed by atoms with Crippen LogP contribution in [0, 0.1) is 0 Å². The number of carbonyl (C=O) groups excluding carboxylic acids is 2. The number of rotatable bonds is 10. The summed E-state index contributed by atoms with van der Waals surface area (Å²) in [5, 5.41) is 13.0. The standard InChI is InChI=1S/C22H29N5O5/c1-30-21-11-10-19(26-27-21)25-22(29)17-4-2-3-5-18(17)24-20(28)14-31-12-13-32-16-8-6-15(23)7-9-16/h2-5,10-11,15-16H,6-9,12-14,23H2,1H3,(H,24,28)(H,25,26,29). The number of anilines is 2. The van der Waals surface area contributed by atoms with Crippen molar-refractivity contribution < 1.29 is 23.8 Å². The molecule has 1 aromatic carbocycles. The average Bonchev–Trinajstić information content (AvgIpc) is 2.81. The Balaban J connectivity index is 1.43. The minimum atomic E-state index is -0.429. The molecule has 1 aliphatic rings. The number of nitrogens with two attached hydrogens (primary N) is 1. The Morgan fingerprint density at radius 1 is 1.03 bits per heavy atom. The van der Waals surface area contributed by atoms with Crippen molar-refractivity contribution in [3.05, 3.63) is 42.0 Å². The maximum Gasteiger partial charge on any atom is 0.258 e. The van der Waals surface area contributed by atoms with Crippen LogP contribution in [0.5, 0.6) is 5.88 Å². The summed E-state index contributed by atoms with van der Waals surface area (Å²) in [7, 11) is 1.48. The van der Waals surface area contributed by atoms with Gasteiger partial charge in [0.2, 0.25) is 11.8 Å². The maximum absolute atomic E-state index is 12.6. The Morgan fingerprint density at radius 2 is 1.81 bits per heavy atom. The summed E-state index contributed by atoms with van der Waals surface area (Å²) in [6.07, 6.45) is 4.09. The predicted octanol–water partition coefficient (Wildman–Crippen LogP) is 1.98. The molecule has 1 fully saturated rings. The monoisotopic (exact) mass is 443 g/mol. The van der Waals surface area contributed by atoms with E-state index in [-0.39, 0.29) is 36.0 Å². The van der Waals surface area contributed by atoms with Gasteiger partial charge in [0.05, 0.1) is 37.7 Å². The SMILES string of the molecule is COc1ccc(NC(=O)c2ccccc2NC(=O)COCCOC2CCC(N)CC2)nn1. The van der Waals surface area contributed by atoms with Crippen molar-refractivity contribution in [2.75, 3.05) is 37.6 Å². The number of para-hydroxylation sites is 1. The number of methoxy groups -OCH3 is 1. The van der Waals surface area contributed by atoms with Crippen LogP contribution in [0.4, 0.5) is 11.5 Å². The first-order valence-electron chi connectivity index (χ1n) is 10.6. The molecular formula is C22H29N5O5. The number of nitrogens with one attached hydrogen (secondary N) is 2. The van der Waals surface area contributed by atoms with Gasteiger partial charge in [-0.1, -0.05) is 12.1 Å². The zero-order chi connectivity index (χ0) is 22.8. The molecule has 0 radical (unpaired) electrons. The lowest BCUT2D eigenvalue weighted by Gasteiger charge is -2.26. The molecular weight excluding hydrogens is 414 g/mol. The maximum atomic E-state index is 12.6. The van der Waals surface area contributed by atoms with E-state index in [2.05, 4.69) is 20.8 Å². The molecule has 172 valence electrons. The van der Waals surface area contributed by atoms with Gasteiger partial charge in [-0.25, -0.2) is 0 Å². The second-order valence-electron chi connectivity index (χ2n) is 7.47. The van der Waals surface area contributed by atoms with Gasteiger partial charge in [0.15, 0.2) is 5.82 Å². The molecule has 2 amide bonds. The number of amides is 2. The van der Waals surface area contributed by atoms with Crippen LogP contribution in [-0.2, 0) is 14.3 Å². The van der Waals surface area contributed by atoms with Crippen molar-refractivity contribution >= 4 is 23.3 Å². The third-order valence-corrected chi connectivity index (χ3v) is 5.07. The topological polar surface area (TPSA) is 138 Å². The van der Waals surface area contributed by atoms with Gasteiger partial charge in [0.25, 0.3) is 5.91 Å². The highest BCUT2D eigenvalue weighted by molar-refractivity contribution is 6.09. The van der Waals surface area contributed by atoms with E-state index in [4.69, 9.17) is 19.9 Å². The number of hydrogen-bond acceptors (Lipinski definition) is 8. The second-order valence-corrected chi connectivity index (χ2v) is 7.47. The van der Waals surface area contributed by atoms with Crippen molar-refractivity contribution in [3.8, 4) is 5.88 Å². The molecule has 1 heterocycles. The Morgan fingerprint density at radius 3 is 2.53 bits per heavy atom. The molecule has 3 rings (SSSR count). The quantitative estimate of drug-likeness (QED) is 0.474. The van der Waals surface area contributed by atoms with E-state index in [0.717, 1.165) is 25.7 Å².